The lowest BCUT2D eigenvalue weighted by atomic mass is 10.0. The highest BCUT2D eigenvalue weighted by atomic mass is 16.3. The van der Waals surface area contributed by atoms with Crippen LogP contribution in [-0.2, 0) is 4.79 Å². The topological polar surface area (TPSA) is 69.6 Å². The summed E-state index contributed by atoms with van der Waals surface area (Å²) in [6, 6.07) is -0.645. The zero-order chi connectivity index (χ0) is 47.7. The highest BCUT2D eigenvalue weighted by Crippen LogP contribution is 2.17. The number of carbonyl (C=O) groups excluding carboxylic acids is 1. The third-order valence-corrected chi connectivity index (χ3v) is 13.5. The van der Waals surface area contributed by atoms with Gasteiger partial charge in [-0.25, -0.2) is 0 Å². The number of unbranched alkanes of at least 4 members (excludes halogenated alkanes) is 39. The molecule has 0 heterocycles. The van der Waals surface area contributed by atoms with E-state index < -0.39 is 12.1 Å². The Morgan fingerprint density at radius 1 is 0.364 bits per heavy atom. The molecule has 0 aromatic heterocycles. The van der Waals surface area contributed by atoms with Crippen LogP contribution in [0.2, 0.25) is 0 Å². The Labute approximate surface area is 413 Å². The van der Waals surface area contributed by atoms with Crippen LogP contribution >= 0.6 is 0 Å². The van der Waals surface area contributed by atoms with Gasteiger partial charge in [-0.3, -0.25) is 4.79 Å². The van der Waals surface area contributed by atoms with Crippen LogP contribution in [0.3, 0.4) is 0 Å². The Hall–Kier alpha value is -1.91. The van der Waals surface area contributed by atoms with Crippen LogP contribution in [0.1, 0.15) is 309 Å². The minimum Gasteiger partial charge on any atom is -0.394 e. The van der Waals surface area contributed by atoms with Crippen molar-refractivity contribution in [2.45, 2.75) is 321 Å². The van der Waals surface area contributed by atoms with Gasteiger partial charge < -0.3 is 15.5 Å². The predicted octanol–water partition coefficient (Wildman–Crippen LogP) is 19.6. The number of amides is 1. The maximum absolute atomic E-state index is 12.4. The van der Waals surface area contributed by atoms with E-state index in [1.165, 1.54) is 244 Å². The van der Waals surface area contributed by atoms with Crippen molar-refractivity contribution in [2.24, 2.45) is 0 Å². The minimum atomic E-state index is -0.869. The fraction of sp³-hybridized carbons (Fsp3) is 0.823. The van der Waals surface area contributed by atoms with E-state index in [-0.39, 0.29) is 12.5 Å². The molecular formula is C62H115NO3. The second-order valence-corrected chi connectivity index (χ2v) is 20.0. The molecule has 3 N–H and O–H groups in total. The summed E-state index contributed by atoms with van der Waals surface area (Å²) in [5.74, 6) is -0.0745. The number of aliphatic hydroxyl groups excluding tert-OH is 2. The normalized spacial score (nSPS) is 13.2. The van der Waals surface area contributed by atoms with Crippen molar-refractivity contribution in [1.29, 1.82) is 0 Å². The third-order valence-electron chi connectivity index (χ3n) is 13.5. The summed E-state index contributed by atoms with van der Waals surface area (Å²) in [7, 11) is 0. The Bertz CT molecular complexity index is 1090. The van der Waals surface area contributed by atoms with E-state index in [0.717, 1.165) is 44.9 Å². The monoisotopic (exact) mass is 922 g/mol. The summed E-state index contributed by atoms with van der Waals surface area (Å²) in [6.07, 6.45) is 81.3. The summed E-state index contributed by atoms with van der Waals surface area (Å²) < 4.78 is 0. The van der Waals surface area contributed by atoms with Gasteiger partial charge in [0.05, 0.1) is 18.8 Å². The Kier molecular flexibility index (Phi) is 55.7. The van der Waals surface area contributed by atoms with Crippen LogP contribution in [0.15, 0.2) is 60.8 Å². The predicted molar refractivity (Wildman–Crippen MR) is 294 cm³/mol. The largest absolute Gasteiger partial charge is 0.394 e. The first-order valence-electron chi connectivity index (χ1n) is 29.5. The molecule has 0 bridgehead atoms. The summed E-state index contributed by atoms with van der Waals surface area (Å²) >= 11 is 0. The Balaban J connectivity index is 3.41. The third kappa shape index (κ3) is 53.1. The van der Waals surface area contributed by atoms with Gasteiger partial charge in [-0.2, -0.15) is 0 Å². The first-order chi connectivity index (χ1) is 32.7. The van der Waals surface area contributed by atoms with Gasteiger partial charge in [-0.1, -0.05) is 286 Å². The number of aliphatic hydroxyl groups is 2. The molecule has 2 unspecified atom stereocenters. The minimum absolute atomic E-state index is 0.0745. The van der Waals surface area contributed by atoms with Crippen LogP contribution in [0.25, 0.3) is 0 Å². The molecule has 2 atom stereocenters. The molecule has 0 rings (SSSR count). The van der Waals surface area contributed by atoms with Crippen LogP contribution < -0.4 is 5.32 Å². The standard InChI is InChI=1S/C62H115NO3/c1-3-5-7-9-11-13-15-17-19-20-21-22-23-24-25-26-27-28-29-30-31-32-33-34-35-36-37-38-39-40-41-42-44-46-48-50-52-54-56-58-62(66)63-60(59-64)61(65)57-55-53-51-49-47-45-43-18-16-14-12-10-8-6-4-2/h15-18,20-21,47,49,55,57,60-61,64-65H,3-14,19,22-46,48,50-54,56,58-59H2,1-2H3,(H,63,66)/b17-15-,18-16+,21-20-,49-47+,57-55+. The van der Waals surface area contributed by atoms with Gasteiger partial charge in [-0.05, 0) is 77.0 Å². The fourth-order valence-corrected chi connectivity index (χ4v) is 8.95. The van der Waals surface area contributed by atoms with Crippen molar-refractivity contribution in [1.82, 2.24) is 5.32 Å². The molecule has 0 fully saturated rings. The van der Waals surface area contributed by atoms with Crippen LogP contribution in [0.5, 0.6) is 0 Å². The lowest BCUT2D eigenvalue weighted by Crippen LogP contribution is -2.45. The average molecular weight is 923 g/mol. The van der Waals surface area contributed by atoms with E-state index in [1.807, 2.05) is 6.08 Å². The summed E-state index contributed by atoms with van der Waals surface area (Å²) in [4.78, 5) is 12.4. The highest BCUT2D eigenvalue weighted by Gasteiger charge is 2.18. The van der Waals surface area contributed by atoms with Crippen molar-refractivity contribution in [3.05, 3.63) is 60.8 Å². The number of carbonyl (C=O) groups is 1. The van der Waals surface area contributed by atoms with Gasteiger partial charge in [0, 0.05) is 6.42 Å². The van der Waals surface area contributed by atoms with E-state index in [4.69, 9.17) is 0 Å². The molecule has 0 saturated carbocycles. The fourth-order valence-electron chi connectivity index (χ4n) is 8.95. The highest BCUT2D eigenvalue weighted by molar-refractivity contribution is 5.76. The Morgan fingerprint density at radius 3 is 0.970 bits per heavy atom. The molecule has 66 heavy (non-hydrogen) atoms. The zero-order valence-electron chi connectivity index (χ0n) is 44.5. The summed E-state index contributed by atoms with van der Waals surface area (Å²) in [6.45, 7) is 4.28. The molecule has 0 radical (unpaired) electrons. The van der Waals surface area contributed by atoms with Crippen molar-refractivity contribution >= 4 is 5.91 Å². The van der Waals surface area contributed by atoms with Crippen LogP contribution in [0.4, 0.5) is 0 Å². The molecule has 0 aromatic rings. The second kappa shape index (κ2) is 57.4. The number of hydrogen-bond donors (Lipinski definition) is 3. The van der Waals surface area contributed by atoms with E-state index >= 15 is 0 Å². The lowest BCUT2D eigenvalue weighted by Gasteiger charge is -2.19. The van der Waals surface area contributed by atoms with Gasteiger partial charge in [0.1, 0.15) is 0 Å². The molecule has 0 spiro atoms. The maximum Gasteiger partial charge on any atom is 0.220 e. The molecule has 0 aliphatic rings. The summed E-state index contributed by atoms with van der Waals surface area (Å²) in [5, 5.41) is 23.1. The number of allylic oxidation sites excluding steroid dienone is 9. The molecule has 1 amide bonds. The van der Waals surface area contributed by atoms with Crippen molar-refractivity contribution in [3.63, 3.8) is 0 Å². The van der Waals surface area contributed by atoms with Crippen LogP contribution in [-0.4, -0.2) is 34.9 Å². The molecule has 4 heteroatoms. The van der Waals surface area contributed by atoms with Gasteiger partial charge in [0.15, 0.2) is 0 Å². The molecular weight excluding hydrogens is 807 g/mol. The average Bonchev–Trinajstić information content (AvgIpc) is 3.32. The zero-order valence-corrected chi connectivity index (χ0v) is 44.5. The van der Waals surface area contributed by atoms with Crippen molar-refractivity contribution < 1.29 is 15.0 Å². The van der Waals surface area contributed by atoms with Gasteiger partial charge in [0.25, 0.3) is 0 Å². The molecule has 0 aliphatic carbocycles. The maximum atomic E-state index is 12.4. The molecule has 0 aromatic carbocycles. The SMILES string of the molecule is CCCCCCC/C=C\C/C=C\CCCCCCCCCCCCCCCCCCCCCCCCCCCCCC(=O)NC(CO)C(O)/C=C/CC/C=C/CC/C=C/CCCCCCC. The number of rotatable bonds is 54. The van der Waals surface area contributed by atoms with Crippen molar-refractivity contribution in [2.75, 3.05) is 6.61 Å². The molecule has 0 saturated heterocycles. The van der Waals surface area contributed by atoms with Gasteiger partial charge in [0.2, 0.25) is 5.91 Å². The van der Waals surface area contributed by atoms with Crippen LogP contribution in [0, 0.1) is 0 Å². The van der Waals surface area contributed by atoms with E-state index in [2.05, 4.69) is 67.8 Å². The first kappa shape index (κ1) is 64.1. The molecule has 0 aliphatic heterocycles. The van der Waals surface area contributed by atoms with Gasteiger partial charge in [-0.15, -0.1) is 0 Å². The molecule has 4 nitrogen and oxygen atoms in total. The van der Waals surface area contributed by atoms with E-state index in [0.29, 0.717) is 6.42 Å². The number of hydrogen-bond acceptors (Lipinski definition) is 3. The van der Waals surface area contributed by atoms with E-state index in [1.54, 1.807) is 6.08 Å². The number of nitrogens with one attached hydrogen (secondary N) is 1. The lowest BCUT2D eigenvalue weighted by molar-refractivity contribution is -0.123. The summed E-state index contributed by atoms with van der Waals surface area (Å²) in [5.41, 5.74) is 0. The quantitative estimate of drug-likeness (QED) is 0.0420. The smallest absolute Gasteiger partial charge is 0.220 e. The van der Waals surface area contributed by atoms with Crippen molar-refractivity contribution in [3.8, 4) is 0 Å². The second-order valence-electron chi connectivity index (χ2n) is 20.0. The first-order valence-corrected chi connectivity index (χ1v) is 29.5. The van der Waals surface area contributed by atoms with Gasteiger partial charge >= 0.3 is 0 Å². The Morgan fingerprint density at radius 2 is 0.636 bits per heavy atom. The molecule has 386 valence electrons. The van der Waals surface area contributed by atoms with E-state index in [9.17, 15) is 15.0 Å².